The van der Waals surface area contributed by atoms with Gasteiger partial charge in [0.1, 0.15) is 0 Å². The highest BCUT2D eigenvalue weighted by atomic mass is 19.4. The molecule has 2 heterocycles. The lowest BCUT2D eigenvalue weighted by Crippen LogP contribution is -2.09. The van der Waals surface area contributed by atoms with E-state index in [1.54, 1.807) is 12.1 Å². The maximum Gasteiger partial charge on any atom is 0.435 e. The van der Waals surface area contributed by atoms with Crippen LogP contribution in [0.2, 0.25) is 0 Å². The van der Waals surface area contributed by atoms with Gasteiger partial charge in [0.15, 0.2) is 11.5 Å². The number of alkyl halides is 3. The van der Waals surface area contributed by atoms with Gasteiger partial charge in [0.05, 0.1) is 6.10 Å². The van der Waals surface area contributed by atoms with Crippen LogP contribution >= 0.6 is 0 Å². The summed E-state index contributed by atoms with van der Waals surface area (Å²) in [6.45, 7) is 1.51. The minimum Gasteiger partial charge on any atom is -0.389 e. The molecule has 1 atom stereocenters. The van der Waals surface area contributed by atoms with Gasteiger partial charge in [-0.05, 0) is 19.1 Å². The predicted molar refractivity (Wildman–Crippen MR) is 57.0 cm³/mol. The number of hydrogen-bond donors (Lipinski definition) is 1. The van der Waals surface area contributed by atoms with Crippen LogP contribution in [0.1, 0.15) is 24.3 Å². The van der Waals surface area contributed by atoms with E-state index in [9.17, 15) is 18.3 Å². The molecule has 18 heavy (non-hydrogen) atoms. The van der Waals surface area contributed by atoms with Crippen LogP contribution < -0.4 is 0 Å². The Morgan fingerprint density at radius 1 is 1.33 bits per heavy atom. The zero-order valence-electron chi connectivity index (χ0n) is 9.39. The lowest BCUT2D eigenvalue weighted by Gasteiger charge is -2.10. The van der Waals surface area contributed by atoms with Crippen molar-refractivity contribution in [3.63, 3.8) is 0 Å². The summed E-state index contributed by atoms with van der Waals surface area (Å²) in [4.78, 5) is 3.94. The van der Waals surface area contributed by atoms with E-state index in [2.05, 4.69) is 10.1 Å². The zero-order valence-corrected chi connectivity index (χ0v) is 9.39. The van der Waals surface area contributed by atoms with Crippen LogP contribution in [0, 0.1) is 0 Å². The fourth-order valence-corrected chi connectivity index (χ4v) is 1.52. The van der Waals surface area contributed by atoms with Crippen molar-refractivity contribution in [1.29, 1.82) is 0 Å². The topological polar surface area (TPSA) is 50.9 Å². The third-order valence-corrected chi connectivity index (χ3v) is 2.36. The Bertz CT molecular complexity index is 548. The largest absolute Gasteiger partial charge is 0.435 e. The lowest BCUT2D eigenvalue weighted by atomic mass is 10.1. The Morgan fingerprint density at radius 3 is 2.61 bits per heavy atom. The normalized spacial score (nSPS) is 13.6. The summed E-state index contributed by atoms with van der Waals surface area (Å²) in [5.74, 6) is 0.183. The summed E-state index contributed by atoms with van der Waals surface area (Å²) in [5.41, 5.74) is -0.584. The van der Waals surface area contributed by atoms with Crippen molar-refractivity contribution in [1.82, 2.24) is 14.8 Å². The Labute approximate surface area is 101 Å². The van der Waals surface area contributed by atoms with Crippen LogP contribution in [0.3, 0.4) is 0 Å². The van der Waals surface area contributed by atoms with Crippen LogP contribution in [-0.2, 0) is 6.18 Å². The summed E-state index contributed by atoms with van der Waals surface area (Å²) in [5, 5.41) is 12.9. The van der Waals surface area contributed by atoms with Crippen molar-refractivity contribution in [2.75, 3.05) is 0 Å². The molecule has 4 nitrogen and oxygen atoms in total. The number of rotatable bonds is 2. The van der Waals surface area contributed by atoms with Gasteiger partial charge in [0, 0.05) is 18.0 Å². The molecule has 1 unspecified atom stereocenters. The second kappa shape index (κ2) is 4.41. The molecular weight excluding hydrogens is 247 g/mol. The first kappa shape index (κ1) is 12.6. The second-order valence-corrected chi connectivity index (χ2v) is 3.74. The molecule has 7 heteroatoms. The lowest BCUT2D eigenvalue weighted by molar-refractivity contribution is -0.141. The van der Waals surface area contributed by atoms with E-state index in [0.717, 1.165) is 16.9 Å². The summed E-state index contributed by atoms with van der Waals surface area (Å²) in [6.07, 6.45) is -2.75. The SMILES string of the molecule is CC(O)c1cccnc1-n1ccc(C(F)(F)F)n1. The Hall–Kier alpha value is -1.89. The van der Waals surface area contributed by atoms with Gasteiger partial charge >= 0.3 is 6.18 Å². The van der Waals surface area contributed by atoms with Crippen molar-refractivity contribution >= 4 is 0 Å². The average Bonchev–Trinajstić information content (AvgIpc) is 2.77. The van der Waals surface area contributed by atoms with Gasteiger partial charge in [0.2, 0.25) is 0 Å². The van der Waals surface area contributed by atoms with Crippen LogP contribution in [0.25, 0.3) is 5.82 Å². The first-order chi connectivity index (χ1) is 8.39. The summed E-state index contributed by atoms with van der Waals surface area (Å²) in [6, 6.07) is 4.04. The molecule has 2 aromatic rings. The van der Waals surface area contributed by atoms with Crippen LogP contribution in [-0.4, -0.2) is 19.9 Å². The van der Waals surface area contributed by atoms with Gasteiger partial charge in [-0.3, -0.25) is 0 Å². The number of hydrogen-bond acceptors (Lipinski definition) is 3. The molecule has 0 aliphatic heterocycles. The average molecular weight is 257 g/mol. The molecule has 0 fully saturated rings. The number of nitrogens with zero attached hydrogens (tertiary/aromatic N) is 3. The number of pyridine rings is 1. The van der Waals surface area contributed by atoms with Gasteiger partial charge in [-0.2, -0.15) is 18.3 Å². The first-order valence-electron chi connectivity index (χ1n) is 5.16. The Morgan fingerprint density at radius 2 is 2.06 bits per heavy atom. The number of aromatic nitrogens is 3. The zero-order chi connectivity index (χ0) is 13.3. The van der Waals surface area contributed by atoms with Gasteiger partial charge in [-0.25, -0.2) is 9.67 Å². The number of halogens is 3. The van der Waals surface area contributed by atoms with E-state index in [4.69, 9.17) is 0 Å². The minimum absolute atomic E-state index is 0.183. The van der Waals surface area contributed by atoms with Gasteiger partial charge in [-0.1, -0.05) is 6.07 Å². The minimum atomic E-state index is -4.50. The molecule has 0 aliphatic carbocycles. The van der Waals surface area contributed by atoms with Crippen molar-refractivity contribution in [2.24, 2.45) is 0 Å². The van der Waals surface area contributed by atoms with E-state index >= 15 is 0 Å². The molecule has 1 N–H and O–H groups in total. The van der Waals surface area contributed by atoms with Gasteiger partial charge in [0.25, 0.3) is 0 Å². The maximum absolute atomic E-state index is 12.4. The van der Waals surface area contributed by atoms with Crippen LogP contribution in [0.15, 0.2) is 30.6 Å². The predicted octanol–water partition coefficient (Wildman–Crippen LogP) is 2.34. The summed E-state index contributed by atoms with van der Waals surface area (Å²) in [7, 11) is 0. The Kier molecular flexibility index (Phi) is 3.08. The molecule has 0 spiro atoms. The smallest absolute Gasteiger partial charge is 0.389 e. The molecule has 0 saturated carbocycles. The van der Waals surface area contributed by atoms with E-state index in [0.29, 0.717) is 5.56 Å². The fraction of sp³-hybridized carbons (Fsp3) is 0.273. The van der Waals surface area contributed by atoms with Crippen LogP contribution in [0.4, 0.5) is 13.2 Å². The second-order valence-electron chi connectivity index (χ2n) is 3.74. The van der Waals surface area contributed by atoms with E-state index in [-0.39, 0.29) is 5.82 Å². The van der Waals surface area contributed by atoms with Crippen LogP contribution in [0.5, 0.6) is 0 Å². The summed E-state index contributed by atoms with van der Waals surface area (Å²) < 4.78 is 38.3. The third-order valence-electron chi connectivity index (χ3n) is 2.36. The van der Waals surface area contributed by atoms with Crippen molar-refractivity contribution < 1.29 is 18.3 Å². The first-order valence-corrected chi connectivity index (χ1v) is 5.16. The highest BCUT2D eigenvalue weighted by Gasteiger charge is 2.33. The molecule has 2 aromatic heterocycles. The quantitative estimate of drug-likeness (QED) is 0.898. The molecule has 0 aliphatic rings. The third kappa shape index (κ3) is 2.35. The summed E-state index contributed by atoms with van der Waals surface area (Å²) >= 11 is 0. The molecule has 0 aromatic carbocycles. The monoisotopic (exact) mass is 257 g/mol. The molecular formula is C11H10F3N3O. The van der Waals surface area contributed by atoms with Crippen molar-refractivity contribution in [2.45, 2.75) is 19.2 Å². The van der Waals surface area contributed by atoms with Crippen molar-refractivity contribution in [3.8, 4) is 5.82 Å². The molecule has 0 bridgehead atoms. The van der Waals surface area contributed by atoms with E-state index in [1.807, 2.05) is 0 Å². The molecule has 0 saturated heterocycles. The standard InChI is InChI=1S/C11H10F3N3O/c1-7(18)8-3-2-5-15-10(8)17-6-4-9(16-17)11(12,13)14/h2-7,18H,1H3. The van der Waals surface area contributed by atoms with Gasteiger partial charge < -0.3 is 5.11 Å². The van der Waals surface area contributed by atoms with E-state index in [1.165, 1.54) is 13.1 Å². The van der Waals surface area contributed by atoms with E-state index < -0.39 is 18.0 Å². The maximum atomic E-state index is 12.4. The fourth-order valence-electron chi connectivity index (χ4n) is 1.52. The molecule has 96 valence electrons. The van der Waals surface area contributed by atoms with Crippen molar-refractivity contribution in [3.05, 3.63) is 41.9 Å². The van der Waals surface area contributed by atoms with Gasteiger partial charge in [-0.15, -0.1) is 0 Å². The number of aliphatic hydroxyl groups excluding tert-OH is 1. The highest BCUT2D eigenvalue weighted by molar-refractivity contribution is 5.34. The highest BCUT2D eigenvalue weighted by Crippen LogP contribution is 2.28. The Balaban J connectivity index is 2.47. The molecule has 0 amide bonds. The number of aliphatic hydroxyl groups is 1. The molecule has 2 rings (SSSR count). The molecule has 0 radical (unpaired) electrons.